The average molecular weight is 385 g/mol. The molecule has 1 N–H and O–H groups in total. The van der Waals surface area contributed by atoms with Gasteiger partial charge in [0.05, 0.1) is 12.0 Å². The lowest BCUT2D eigenvalue weighted by atomic mass is 9.92. The van der Waals surface area contributed by atoms with E-state index in [-0.39, 0.29) is 23.3 Å². The zero-order chi connectivity index (χ0) is 18.4. The quantitative estimate of drug-likeness (QED) is 0.881. The number of hydrogen-bond donors (Lipinski definition) is 1. The summed E-state index contributed by atoms with van der Waals surface area (Å²) in [4.78, 5) is 32.7. The zero-order valence-corrected chi connectivity index (χ0v) is 16.0. The highest BCUT2D eigenvalue weighted by Gasteiger charge is 2.56. The summed E-state index contributed by atoms with van der Waals surface area (Å²) in [5.41, 5.74) is 1.29. The molecule has 0 aromatic carbocycles. The molecule has 6 nitrogen and oxygen atoms in total. The van der Waals surface area contributed by atoms with Gasteiger partial charge >= 0.3 is 0 Å². The first-order chi connectivity index (χ1) is 13.1. The summed E-state index contributed by atoms with van der Waals surface area (Å²) in [6.07, 6.45) is 8.84. The maximum atomic E-state index is 12.6. The van der Waals surface area contributed by atoms with Crippen LogP contribution in [0, 0.1) is 5.41 Å². The number of thiazole rings is 1. The van der Waals surface area contributed by atoms with Gasteiger partial charge in [-0.05, 0) is 62.5 Å². The van der Waals surface area contributed by atoms with Crippen LogP contribution in [0.4, 0.5) is 0 Å². The van der Waals surface area contributed by atoms with Crippen molar-refractivity contribution in [1.82, 2.24) is 15.2 Å². The maximum absolute atomic E-state index is 12.6. The lowest BCUT2D eigenvalue weighted by Gasteiger charge is -2.32. The second kappa shape index (κ2) is 6.48. The van der Waals surface area contributed by atoms with E-state index in [0.29, 0.717) is 10.8 Å². The smallest absolute Gasteiger partial charge is 0.289 e. The monoisotopic (exact) mass is 385 g/mol. The first-order valence-electron chi connectivity index (χ1n) is 9.77. The predicted molar refractivity (Wildman–Crippen MR) is 101 cm³/mol. The molecule has 2 fully saturated rings. The summed E-state index contributed by atoms with van der Waals surface area (Å²) in [6.45, 7) is 1.44. The van der Waals surface area contributed by atoms with Gasteiger partial charge in [-0.2, -0.15) is 0 Å². The number of carbonyl (C=O) groups is 2. The molecule has 2 aromatic rings. The molecule has 1 spiro atoms. The van der Waals surface area contributed by atoms with Crippen molar-refractivity contribution in [3.63, 3.8) is 0 Å². The van der Waals surface area contributed by atoms with Gasteiger partial charge in [-0.1, -0.05) is 0 Å². The number of fused-ring (bicyclic) bond motifs is 1. The van der Waals surface area contributed by atoms with Gasteiger partial charge in [0.2, 0.25) is 0 Å². The largest absolute Gasteiger partial charge is 0.459 e. The van der Waals surface area contributed by atoms with Crippen molar-refractivity contribution in [1.29, 1.82) is 0 Å². The third-order valence-corrected chi connectivity index (χ3v) is 7.47. The number of furan rings is 1. The fourth-order valence-electron chi connectivity index (χ4n) is 4.48. The minimum Gasteiger partial charge on any atom is -0.459 e. The number of aryl methyl sites for hydroxylation is 2. The molecule has 27 heavy (non-hydrogen) atoms. The predicted octanol–water partition coefficient (Wildman–Crippen LogP) is 3.04. The molecule has 5 rings (SSSR count). The number of nitrogens with zero attached hydrogens (tertiary/aromatic N) is 2. The fraction of sp³-hybridized carbons (Fsp3) is 0.550. The summed E-state index contributed by atoms with van der Waals surface area (Å²) in [7, 11) is 0. The Kier molecular flexibility index (Phi) is 4.07. The molecular weight excluding hydrogens is 362 g/mol. The fourth-order valence-corrected chi connectivity index (χ4v) is 5.54. The Labute approximate surface area is 162 Å². The first kappa shape index (κ1) is 17.0. The van der Waals surface area contributed by atoms with Crippen LogP contribution < -0.4 is 5.32 Å². The second-order valence-corrected chi connectivity index (χ2v) is 9.04. The molecule has 1 atom stereocenters. The molecule has 1 unspecified atom stereocenters. The van der Waals surface area contributed by atoms with E-state index in [0.717, 1.165) is 50.9 Å². The third kappa shape index (κ3) is 3.08. The minimum atomic E-state index is -0.0375. The number of hydrogen-bond acceptors (Lipinski definition) is 5. The van der Waals surface area contributed by atoms with Crippen molar-refractivity contribution in [3.8, 4) is 0 Å². The SMILES string of the molecule is O=C(NC1CC12CCN(C(=O)c1ccco1)CC2)c1nc2c(s1)CCCC2. The maximum Gasteiger partial charge on any atom is 0.289 e. The van der Waals surface area contributed by atoms with Crippen molar-refractivity contribution < 1.29 is 14.0 Å². The highest BCUT2D eigenvalue weighted by atomic mass is 32.1. The van der Waals surface area contributed by atoms with Crippen LogP contribution in [0.15, 0.2) is 22.8 Å². The Morgan fingerprint density at radius 3 is 2.81 bits per heavy atom. The van der Waals surface area contributed by atoms with Gasteiger partial charge in [-0.25, -0.2) is 4.98 Å². The molecule has 3 heterocycles. The van der Waals surface area contributed by atoms with Gasteiger partial charge in [-0.15, -0.1) is 11.3 Å². The van der Waals surface area contributed by atoms with Gasteiger partial charge in [0, 0.05) is 24.0 Å². The Morgan fingerprint density at radius 2 is 2.07 bits per heavy atom. The molecule has 1 aliphatic heterocycles. The Hall–Kier alpha value is -2.15. The molecule has 2 aliphatic carbocycles. The third-order valence-electron chi connectivity index (χ3n) is 6.31. The van der Waals surface area contributed by atoms with Gasteiger partial charge in [0.25, 0.3) is 11.8 Å². The average Bonchev–Trinajstić information content (AvgIpc) is 3.12. The minimum absolute atomic E-state index is 0.0228. The lowest BCUT2D eigenvalue weighted by Crippen LogP contribution is -2.41. The molecule has 1 saturated heterocycles. The molecule has 3 aliphatic rings. The van der Waals surface area contributed by atoms with Gasteiger partial charge in [-0.3, -0.25) is 9.59 Å². The molecule has 0 radical (unpaired) electrons. The molecule has 2 aromatic heterocycles. The summed E-state index contributed by atoms with van der Waals surface area (Å²) in [6, 6.07) is 3.66. The van der Waals surface area contributed by atoms with Crippen LogP contribution in [0.5, 0.6) is 0 Å². The topological polar surface area (TPSA) is 75.4 Å². The summed E-state index contributed by atoms with van der Waals surface area (Å²) in [5.74, 6) is 0.342. The number of nitrogens with one attached hydrogen (secondary N) is 1. The van der Waals surface area contributed by atoms with Crippen molar-refractivity contribution in [2.24, 2.45) is 5.41 Å². The Balaban J connectivity index is 1.17. The second-order valence-electron chi connectivity index (χ2n) is 7.96. The first-order valence-corrected chi connectivity index (χ1v) is 10.6. The Bertz CT molecular complexity index is 842. The van der Waals surface area contributed by atoms with E-state index in [2.05, 4.69) is 10.3 Å². The molecular formula is C20H23N3O3S. The van der Waals surface area contributed by atoms with E-state index in [1.807, 2.05) is 4.90 Å². The van der Waals surface area contributed by atoms with Crippen LogP contribution in [0.2, 0.25) is 0 Å². The molecule has 142 valence electrons. The lowest BCUT2D eigenvalue weighted by molar-refractivity contribution is 0.0637. The molecule has 2 amide bonds. The number of rotatable bonds is 3. The highest BCUT2D eigenvalue weighted by Crippen LogP contribution is 2.54. The van der Waals surface area contributed by atoms with Crippen LogP contribution in [0.1, 0.15) is 63.0 Å². The van der Waals surface area contributed by atoms with E-state index >= 15 is 0 Å². The Morgan fingerprint density at radius 1 is 1.26 bits per heavy atom. The summed E-state index contributed by atoms with van der Waals surface area (Å²) in [5, 5.41) is 3.82. The zero-order valence-electron chi connectivity index (χ0n) is 15.2. The van der Waals surface area contributed by atoms with Crippen molar-refractivity contribution >= 4 is 23.2 Å². The van der Waals surface area contributed by atoms with Crippen molar-refractivity contribution in [2.75, 3.05) is 13.1 Å². The van der Waals surface area contributed by atoms with Crippen LogP contribution in [-0.2, 0) is 12.8 Å². The van der Waals surface area contributed by atoms with E-state index in [4.69, 9.17) is 4.42 Å². The molecule has 7 heteroatoms. The molecule has 0 bridgehead atoms. The standard InChI is InChI=1S/C20H23N3O3S/c24-17(18-21-13-4-1-2-6-15(13)27-18)22-16-12-20(16)7-9-23(10-8-20)19(25)14-5-3-11-26-14/h3,5,11,16H,1-2,4,6-10,12H2,(H,22,24). The van der Waals surface area contributed by atoms with E-state index in [1.165, 1.54) is 24.0 Å². The van der Waals surface area contributed by atoms with Crippen LogP contribution in [0.25, 0.3) is 0 Å². The number of aromatic nitrogens is 1. The van der Waals surface area contributed by atoms with Gasteiger partial charge < -0.3 is 14.6 Å². The van der Waals surface area contributed by atoms with Gasteiger partial charge in [0.1, 0.15) is 0 Å². The van der Waals surface area contributed by atoms with Crippen molar-refractivity contribution in [2.45, 2.75) is 51.0 Å². The number of amides is 2. The van der Waals surface area contributed by atoms with Gasteiger partial charge in [0.15, 0.2) is 10.8 Å². The molecule has 1 saturated carbocycles. The number of carbonyl (C=O) groups excluding carboxylic acids is 2. The normalized spacial score (nSPS) is 23.1. The summed E-state index contributed by atoms with van der Waals surface area (Å²) >= 11 is 1.56. The van der Waals surface area contributed by atoms with E-state index < -0.39 is 0 Å². The van der Waals surface area contributed by atoms with E-state index in [1.54, 1.807) is 23.5 Å². The van der Waals surface area contributed by atoms with Crippen molar-refractivity contribution in [3.05, 3.63) is 39.7 Å². The van der Waals surface area contributed by atoms with E-state index in [9.17, 15) is 9.59 Å². The van der Waals surface area contributed by atoms with Crippen LogP contribution in [0.3, 0.4) is 0 Å². The highest BCUT2D eigenvalue weighted by molar-refractivity contribution is 7.13. The number of likely N-dealkylation sites (tertiary alicyclic amines) is 1. The summed E-state index contributed by atoms with van der Waals surface area (Å²) < 4.78 is 5.22. The van der Waals surface area contributed by atoms with Crippen LogP contribution >= 0.6 is 11.3 Å². The number of piperidine rings is 1. The van der Waals surface area contributed by atoms with Crippen LogP contribution in [-0.4, -0.2) is 40.8 Å².